The minimum atomic E-state index is -0.135. The summed E-state index contributed by atoms with van der Waals surface area (Å²) in [5.41, 5.74) is 2.39. The Hall–Kier alpha value is -2.41. The first-order chi connectivity index (χ1) is 14.0. The van der Waals surface area contributed by atoms with E-state index in [1.165, 1.54) is 6.92 Å². The van der Waals surface area contributed by atoms with Crippen molar-refractivity contribution in [2.24, 2.45) is 0 Å². The van der Waals surface area contributed by atoms with E-state index >= 15 is 0 Å². The van der Waals surface area contributed by atoms with E-state index in [1.54, 1.807) is 24.3 Å². The molecule has 2 amide bonds. The third-order valence-electron chi connectivity index (χ3n) is 5.46. The lowest BCUT2D eigenvalue weighted by atomic mass is 10.1. The summed E-state index contributed by atoms with van der Waals surface area (Å²) in [6, 6.07) is 15.1. The van der Waals surface area contributed by atoms with Gasteiger partial charge in [-0.2, -0.15) is 0 Å². The molecular weight excluding hydrogens is 390 g/mol. The highest BCUT2D eigenvalue weighted by Gasteiger charge is 2.38. The zero-order valence-corrected chi connectivity index (χ0v) is 17.0. The van der Waals surface area contributed by atoms with Crippen LogP contribution in [0.25, 0.3) is 0 Å². The Morgan fingerprint density at radius 3 is 2.48 bits per heavy atom. The van der Waals surface area contributed by atoms with Crippen molar-refractivity contribution >= 4 is 29.1 Å². The zero-order chi connectivity index (χ0) is 20.4. The predicted octanol–water partition coefficient (Wildman–Crippen LogP) is 3.24. The van der Waals surface area contributed by atoms with Crippen LogP contribution >= 0.6 is 11.6 Å². The normalized spacial score (nSPS) is 24.0. The molecule has 2 saturated heterocycles. The highest BCUT2D eigenvalue weighted by atomic mass is 35.5. The van der Waals surface area contributed by atoms with E-state index in [4.69, 9.17) is 16.3 Å². The van der Waals surface area contributed by atoms with Crippen molar-refractivity contribution in [3.8, 4) is 0 Å². The molecule has 2 aromatic carbocycles. The zero-order valence-electron chi connectivity index (χ0n) is 16.2. The average Bonchev–Trinajstić information content (AvgIpc) is 3.10. The first-order valence-corrected chi connectivity index (χ1v) is 10.2. The van der Waals surface area contributed by atoms with Crippen LogP contribution in [0, 0.1) is 0 Å². The largest absolute Gasteiger partial charge is 0.371 e. The molecule has 0 unspecified atom stereocenters. The quantitative estimate of drug-likeness (QED) is 0.807. The molecule has 0 spiro atoms. The Bertz CT molecular complexity index is 885. The molecule has 0 radical (unpaired) electrons. The summed E-state index contributed by atoms with van der Waals surface area (Å²) in [7, 11) is 0. The standard InChI is InChI=1S/C22H24ClN3O3/c1-14(27)24-18-8-4-16(5-9-18)22(28)25-19-10-20-13-29-21(12-26(20)11-19)15-2-6-17(23)7-3-15/h2-9,19-21H,10-13H2,1H3,(H,24,27)(H,25,28)/t19-,20-,21+/m0/s1. The maximum absolute atomic E-state index is 12.6. The topological polar surface area (TPSA) is 70.7 Å². The molecule has 2 fully saturated rings. The van der Waals surface area contributed by atoms with E-state index in [0.29, 0.717) is 23.9 Å². The molecule has 2 heterocycles. The number of fused-ring (bicyclic) bond motifs is 1. The lowest BCUT2D eigenvalue weighted by Crippen LogP contribution is -2.43. The van der Waals surface area contributed by atoms with E-state index in [0.717, 1.165) is 30.1 Å². The van der Waals surface area contributed by atoms with E-state index < -0.39 is 0 Å². The molecule has 2 aliphatic rings. The minimum absolute atomic E-state index is 0.0271. The number of hydrogen-bond acceptors (Lipinski definition) is 4. The average molecular weight is 414 g/mol. The van der Waals surface area contributed by atoms with Crippen LogP contribution in [-0.2, 0) is 9.53 Å². The van der Waals surface area contributed by atoms with Crippen molar-refractivity contribution in [1.82, 2.24) is 10.2 Å². The number of nitrogens with zero attached hydrogens (tertiary/aromatic N) is 1. The third kappa shape index (κ3) is 4.78. The second-order valence-corrected chi connectivity index (χ2v) is 8.08. The van der Waals surface area contributed by atoms with Gasteiger partial charge in [0.1, 0.15) is 0 Å². The van der Waals surface area contributed by atoms with Gasteiger partial charge in [-0.05, 0) is 48.4 Å². The lowest BCUT2D eigenvalue weighted by Gasteiger charge is -2.35. The maximum Gasteiger partial charge on any atom is 0.251 e. The van der Waals surface area contributed by atoms with Gasteiger partial charge in [0.2, 0.25) is 5.91 Å². The summed E-state index contributed by atoms with van der Waals surface area (Å²) < 4.78 is 6.07. The molecule has 2 aliphatic heterocycles. The van der Waals surface area contributed by atoms with Gasteiger partial charge in [-0.15, -0.1) is 0 Å². The van der Waals surface area contributed by atoms with Gasteiger partial charge in [-0.25, -0.2) is 0 Å². The molecule has 4 rings (SSSR count). The molecule has 2 aromatic rings. The summed E-state index contributed by atoms with van der Waals surface area (Å²) in [5, 5.41) is 6.55. The van der Waals surface area contributed by atoms with E-state index in [-0.39, 0.29) is 24.0 Å². The fourth-order valence-corrected chi connectivity index (χ4v) is 4.16. The van der Waals surface area contributed by atoms with Crippen molar-refractivity contribution in [1.29, 1.82) is 0 Å². The highest BCUT2D eigenvalue weighted by Crippen LogP contribution is 2.31. The van der Waals surface area contributed by atoms with Crippen molar-refractivity contribution in [2.45, 2.75) is 31.5 Å². The summed E-state index contributed by atoms with van der Waals surface area (Å²) in [4.78, 5) is 26.1. The van der Waals surface area contributed by atoms with Gasteiger partial charge in [0.05, 0.1) is 12.7 Å². The summed E-state index contributed by atoms with van der Waals surface area (Å²) in [6.45, 7) is 3.74. The van der Waals surface area contributed by atoms with Crippen LogP contribution in [0.5, 0.6) is 0 Å². The van der Waals surface area contributed by atoms with Crippen LogP contribution in [0.4, 0.5) is 5.69 Å². The molecular formula is C22H24ClN3O3. The predicted molar refractivity (Wildman–Crippen MR) is 112 cm³/mol. The van der Waals surface area contributed by atoms with Gasteiger partial charge in [0, 0.05) is 48.4 Å². The first-order valence-electron chi connectivity index (χ1n) is 9.77. The van der Waals surface area contributed by atoms with Crippen LogP contribution in [0.3, 0.4) is 0 Å². The van der Waals surface area contributed by atoms with Crippen molar-refractivity contribution < 1.29 is 14.3 Å². The number of carbonyl (C=O) groups excluding carboxylic acids is 2. The van der Waals surface area contributed by atoms with Crippen LogP contribution in [0.15, 0.2) is 48.5 Å². The number of hydrogen-bond donors (Lipinski definition) is 2. The minimum Gasteiger partial charge on any atom is -0.371 e. The smallest absolute Gasteiger partial charge is 0.251 e. The highest BCUT2D eigenvalue weighted by molar-refractivity contribution is 6.30. The van der Waals surface area contributed by atoms with Gasteiger partial charge in [-0.1, -0.05) is 23.7 Å². The number of nitrogens with one attached hydrogen (secondary N) is 2. The second-order valence-electron chi connectivity index (χ2n) is 7.65. The SMILES string of the molecule is CC(=O)Nc1ccc(C(=O)N[C@H]2C[C@H]3CO[C@@H](c4ccc(Cl)cc4)CN3C2)cc1. The number of morpholine rings is 1. The fourth-order valence-electron chi connectivity index (χ4n) is 4.03. The summed E-state index contributed by atoms with van der Waals surface area (Å²) in [5.74, 6) is -0.233. The Labute approximate surface area is 175 Å². The monoisotopic (exact) mass is 413 g/mol. The molecule has 152 valence electrons. The van der Waals surface area contributed by atoms with E-state index in [9.17, 15) is 9.59 Å². The maximum atomic E-state index is 12.6. The molecule has 0 aromatic heterocycles. The van der Waals surface area contributed by atoms with Crippen molar-refractivity contribution in [3.05, 3.63) is 64.7 Å². The second kappa shape index (κ2) is 8.53. The third-order valence-corrected chi connectivity index (χ3v) is 5.71. The Kier molecular flexibility index (Phi) is 5.85. The lowest BCUT2D eigenvalue weighted by molar-refractivity contribution is -0.114. The van der Waals surface area contributed by atoms with Gasteiger partial charge < -0.3 is 15.4 Å². The molecule has 3 atom stereocenters. The number of rotatable bonds is 4. The molecule has 0 bridgehead atoms. The summed E-state index contributed by atoms with van der Waals surface area (Å²) >= 11 is 5.98. The Morgan fingerprint density at radius 2 is 1.79 bits per heavy atom. The van der Waals surface area contributed by atoms with Gasteiger partial charge in [0.15, 0.2) is 0 Å². The van der Waals surface area contributed by atoms with Gasteiger partial charge in [0.25, 0.3) is 5.91 Å². The Morgan fingerprint density at radius 1 is 1.07 bits per heavy atom. The van der Waals surface area contributed by atoms with Crippen LogP contribution in [0.2, 0.25) is 5.02 Å². The number of halogens is 1. The number of carbonyl (C=O) groups is 2. The van der Waals surface area contributed by atoms with Crippen LogP contribution in [-0.4, -0.2) is 48.5 Å². The van der Waals surface area contributed by atoms with Gasteiger partial charge >= 0.3 is 0 Å². The van der Waals surface area contributed by atoms with Crippen molar-refractivity contribution in [3.63, 3.8) is 0 Å². The molecule has 6 nitrogen and oxygen atoms in total. The van der Waals surface area contributed by atoms with Crippen LogP contribution in [0.1, 0.15) is 35.4 Å². The molecule has 2 N–H and O–H groups in total. The number of amides is 2. The number of ether oxygens (including phenoxy) is 1. The molecule has 7 heteroatoms. The van der Waals surface area contributed by atoms with Crippen molar-refractivity contribution in [2.75, 3.05) is 25.0 Å². The van der Waals surface area contributed by atoms with E-state index in [2.05, 4.69) is 15.5 Å². The van der Waals surface area contributed by atoms with E-state index in [1.807, 2.05) is 24.3 Å². The molecule has 29 heavy (non-hydrogen) atoms. The molecule has 0 saturated carbocycles. The Balaban J connectivity index is 1.33. The van der Waals surface area contributed by atoms with Crippen LogP contribution < -0.4 is 10.6 Å². The fraction of sp³-hybridized carbons (Fsp3) is 0.364. The molecule has 0 aliphatic carbocycles. The summed E-state index contributed by atoms with van der Waals surface area (Å²) in [6.07, 6.45) is 0.905. The van der Waals surface area contributed by atoms with Gasteiger partial charge in [-0.3, -0.25) is 14.5 Å². The number of anilines is 1. The first kappa shape index (κ1) is 19.9. The number of benzene rings is 2.